The first kappa shape index (κ1) is 6.48. The van der Waals surface area contributed by atoms with Crippen molar-refractivity contribution < 1.29 is 9.84 Å². The third-order valence-electron chi connectivity index (χ3n) is 0.491. The Bertz CT molecular complexity index is 88.0. The molecule has 0 aromatic carbocycles. The topological polar surface area (TPSA) is 29.5 Å². The molecule has 0 heterocycles. The van der Waals surface area contributed by atoms with Gasteiger partial charge in [0.15, 0.2) is 0 Å². The third-order valence-corrected chi connectivity index (χ3v) is 0.491. The van der Waals surface area contributed by atoms with Gasteiger partial charge in [0.2, 0.25) is 6.29 Å². The summed E-state index contributed by atoms with van der Waals surface area (Å²) in [4.78, 5) is 0. The van der Waals surface area contributed by atoms with Crippen molar-refractivity contribution in [3.05, 3.63) is 0 Å². The van der Waals surface area contributed by atoms with Gasteiger partial charge in [-0.2, -0.15) is 0 Å². The Morgan fingerprint density at radius 1 is 1.71 bits per heavy atom. The molecule has 0 aromatic rings. The highest BCUT2D eigenvalue weighted by Gasteiger charge is 1.87. The molecule has 0 aliphatic rings. The normalized spacial score (nSPS) is 11.9. The fourth-order valence-electron chi connectivity index (χ4n) is 0.182. The Labute approximate surface area is 43.1 Å². The maximum absolute atomic E-state index is 8.46. The Hall–Kier alpha value is -0.520. The van der Waals surface area contributed by atoms with Crippen molar-refractivity contribution in [1.82, 2.24) is 0 Å². The van der Waals surface area contributed by atoms with Gasteiger partial charge in [-0.25, -0.2) is 0 Å². The quantitative estimate of drug-likeness (QED) is 0.370. The fraction of sp³-hybridized carbons (Fsp3) is 0.600. The molecule has 40 valence electrons. The van der Waals surface area contributed by atoms with Crippen molar-refractivity contribution in [2.45, 2.75) is 13.2 Å². The van der Waals surface area contributed by atoms with E-state index in [1.165, 1.54) is 7.11 Å². The van der Waals surface area contributed by atoms with Crippen molar-refractivity contribution in [3.8, 4) is 11.8 Å². The first-order valence-corrected chi connectivity index (χ1v) is 1.94. The zero-order chi connectivity index (χ0) is 5.70. The smallest absolute Gasteiger partial charge is 0.219 e. The molecule has 2 heteroatoms. The van der Waals surface area contributed by atoms with Crippen LogP contribution in [0.2, 0.25) is 0 Å². The van der Waals surface area contributed by atoms with E-state index >= 15 is 0 Å². The minimum absolute atomic E-state index is 0.912. The van der Waals surface area contributed by atoms with Gasteiger partial charge in [-0.1, -0.05) is 0 Å². The second kappa shape index (κ2) is 3.66. The highest BCUT2D eigenvalue weighted by atomic mass is 16.6. The van der Waals surface area contributed by atoms with Crippen LogP contribution in [-0.4, -0.2) is 18.5 Å². The molecule has 0 aliphatic heterocycles. The average Bonchev–Trinajstić information content (AvgIpc) is 1.68. The molecule has 1 unspecified atom stereocenters. The van der Waals surface area contributed by atoms with Crippen molar-refractivity contribution in [2.75, 3.05) is 7.11 Å². The van der Waals surface area contributed by atoms with Gasteiger partial charge in [-0.05, 0) is 12.8 Å². The number of methoxy groups -OCH3 is 1. The molecule has 0 saturated heterocycles. The highest BCUT2D eigenvalue weighted by Crippen LogP contribution is 1.75. The van der Waals surface area contributed by atoms with Crippen molar-refractivity contribution in [3.63, 3.8) is 0 Å². The van der Waals surface area contributed by atoms with Gasteiger partial charge in [0.05, 0.1) is 0 Å². The van der Waals surface area contributed by atoms with Gasteiger partial charge >= 0.3 is 0 Å². The molecule has 0 aromatic heterocycles. The largest absolute Gasteiger partial charge is 0.358 e. The summed E-state index contributed by atoms with van der Waals surface area (Å²) in [6.45, 7) is 1.64. The van der Waals surface area contributed by atoms with Gasteiger partial charge < -0.3 is 9.84 Å². The first-order valence-electron chi connectivity index (χ1n) is 1.94. The van der Waals surface area contributed by atoms with Crippen LogP contribution in [0.1, 0.15) is 6.92 Å². The zero-order valence-corrected chi connectivity index (χ0v) is 4.43. The first-order chi connectivity index (χ1) is 3.31. The van der Waals surface area contributed by atoms with Crippen molar-refractivity contribution in [2.24, 2.45) is 0 Å². The van der Waals surface area contributed by atoms with Crippen LogP contribution in [0.25, 0.3) is 0 Å². The molecule has 1 N–H and O–H groups in total. The van der Waals surface area contributed by atoms with Crippen LogP contribution in [0.4, 0.5) is 0 Å². The number of rotatable bonds is 1. The lowest BCUT2D eigenvalue weighted by Gasteiger charge is -1.94. The molecule has 0 rings (SSSR count). The molecule has 0 radical (unpaired) electrons. The number of hydrogen-bond donors (Lipinski definition) is 1. The maximum Gasteiger partial charge on any atom is 0.219 e. The standard InChI is InChI=1S/C5H8O2/c1-3-4-5(6)7-2/h5-6H,1-2H3. The molecular weight excluding hydrogens is 92.1 g/mol. The molecular formula is C5H8O2. The van der Waals surface area contributed by atoms with Crippen LogP contribution in [0.3, 0.4) is 0 Å². The van der Waals surface area contributed by atoms with Crippen LogP contribution < -0.4 is 0 Å². The maximum atomic E-state index is 8.46. The Balaban J connectivity index is 3.29. The van der Waals surface area contributed by atoms with E-state index in [2.05, 4.69) is 16.6 Å². The number of ether oxygens (including phenoxy) is 1. The lowest BCUT2D eigenvalue weighted by molar-refractivity contribution is -0.0280. The van der Waals surface area contributed by atoms with Gasteiger partial charge in [0.1, 0.15) is 0 Å². The summed E-state index contributed by atoms with van der Waals surface area (Å²) in [5, 5.41) is 8.46. The second-order valence-electron chi connectivity index (χ2n) is 0.982. The molecule has 0 amide bonds. The summed E-state index contributed by atoms with van der Waals surface area (Å²) in [6, 6.07) is 0. The number of aliphatic hydroxyl groups is 1. The van der Waals surface area contributed by atoms with Crippen LogP contribution in [0.15, 0.2) is 0 Å². The predicted octanol–water partition coefficient (Wildman–Crippen LogP) is -0.0255. The predicted molar refractivity (Wildman–Crippen MR) is 26.5 cm³/mol. The Morgan fingerprint density at radius 2 is 2.29 bits per heavy atom. The van der Waals surface area contributed by atoms with Gasteiger partial charge in [0, 0.05) is 7.11 Å². The molecule has 0 spiro atoms. The van der Waals surface area contributed by atoms with Gasteiger partial charge in [0.25, 0.3) is 0 Å². The van der Waals surface area contributed by atoms with Crippen LogP contribution in [-0.2, 0) is 4.74 Å². The van der Waals surface area contributed by atoms with E-state index in [1.54, 1.807) is 6.92 Å². The molecule has 7 heavy (non-hydrogen) atoms. The minimum Gasteiger partial charge on any atom is -0.358 e. The summed E-state index contributed by atoms with van der Waals surface area (Å²) >= 11 is 0. The number of hydrogen-bond acceptors (Lipinski definition) is 2. The monoisotopic (exact) mass is 100 g/mol. The Kier molecular flexibility index (Phi) is 3.39. The minimum atomic E-state index is -0.912. The summed E-state index contributed by atoms with van der Waals surface area (Å²) in [5.41, 5.74) is 0. The van der Waals surface area contributed by atoms with Crippen LogP contribution in [0.5, 0.6) is 0 Å². The van der Waals surface area contributed by atoms with Crippen LogP contribution >= 0.6 is 0 Å². The lowest BCUT2D eigenvalue weighted by atomic mass is 10.6. The molecule has 0 fully saturated rings. The highest BCUT2D eigenvalue weighted by molar-refractivity contribution is 4.97. The molecule has 0 saturated carbocycles. The van der Waals surface area contributed by atoms with Crippen LogP contribution in [0, 0.1) is 11.8 Å². The second-order valence-corrected chi connectivity index (χ2v) is 0.982. The van der Waals surface area contributed by atoms with E-state index in [-0.39, 0.29) is 0 Å². The lowest BCUT2D eigenvalue weighted by Crippen LogP contribution is -2.03. The molecule has 2 nitrogen and oxygen atoms in total. The molecule has 0 aliphatic carbocycles. The molecule has 1 atom stereocenters. The third kappa shape index (κ3) is 3.31. The van der Waals surface area contributed by atoms with E-state index in [9.17, 15) is 0 Å². The van der Waals surface area contributed by atoms with Gasteiger partial charge in [-0.3, -0.25) is 0 Å². The SMILES string of the molecule is CC#CC(O)OC. The van der Waals surface area contributed by atoms with E-state index in [0.29, 0.717) is 0 Å². The number of aliphatic hydroxyl groups excluding tert-OH is 1. The summed E-state index contributed by atoms with van der Waals surface area (Å²) in [7, 11) is 1.40. The van der Waals surface area contributed by atoms with E-state index in [1.807, 2.05) is 0 Å². The van der Waals surface area contributed by atoms with E-state index in [0.717, 1.165) is 0 Å². The zero-order valence-electron chi connectivity index (χ0n) is 4.43. The summed E-state index contributed by atoms with van der Waals surface area (Å²) in [5.74, 6) is 4.87. The van der Waals surface area contributed by atoms with E-state index < -0.39 is 6.29 Å². The van der Waals surface area contributed by atoms with Crippen molar-refractivity contribution >= 4 is 0 Å². The fourth-order valence-corrected chi connectivity index (χ4v) is 0.182. The summed E-state index contributed by atoms with van der Waals surface area (Å²) < 4.78 is 4.37. The Morgan fingerprint density at radius 3 is 2.43 bits per heavy atom. The van der Waals surface area contributed by atoms with E-state index in [4.69, 9.17) is 5.11 Å². The van der Waals surface area contributed by atoms with Gasteiger partial charge in [-0.15, -0.1) is 5.92 Å². The average molecular weight is 100 g/mol. The van der Waals surface area contributed by atoms with Crippen molar-refractivity contribution in [1.29, 1.82) is 0 Å². The summed E-state index contributed by atoms with van der Waals surface area (Å²) in [6.07, 6.45) is -0.912. The molecule has 0 bridgehead atoms.